The van der Waals surface area contributed by atoms with E-state index in [-0.39, 0.29) is 6.10 Å². The van der Waals surface area contributed by atoms with Crippen molar-refractivity contribution in [3.8, 4) is 17.0 Å². The van der Waals surface area contributed by atoms with Gasteiger partial charge in [-0.2, -0.15) is 5.10 Å². The third-order valence-electron chi connectivity index (χ3n) is 5.36. The van der Waals surface area contributed by atoms with Crippen LogP contribution in [-0.4, -0.2) is 44.1 Å². The monoisotopic (exact) mass is 463 g/mol. The highest BCUT2D eigenvalue weighted by Gasteiger charge is 2.45. The number of aryl methyl sites for hydroxylation is 1. The number of hydrogen-bond donors (Lipinski definition) is 0. The summed E-state index contributed by atoms with van der Waals surface area (Å²) in [6, 6.07) is 13.9. The van der Waals surface area contributed by atoms with Crippen molar-refractivity contribution < 1.29 is 14.2 Å². The Kier molecular flexibility index (Phi) is 6.43. The maximum absolute atomic E-state index is 6.38. The second kappa shape index (κ2) is 9.78. The van der Waals surface area contributed by atoms with Gasteiger partial charge in [0, 0.05) is 18.2 Å². The molecule has 0 aliphatic carbocycles. The Morgan fingerprint density at radius 2 is 2.12 bits per heavy atom. The minimum absolute atomic E-state index is 0.200. The molecule has 9 heteroatoms. The van der Waals surface area contributed by atoms with Crippen LogP contribution >= 0.6 is 11.3 Å². The van der Waals surface area contributed by atoms with Crippen LogP contribution in [0.15, 0.2) is 66.7 Å². The van der Waals surface area contributed by atoms with E-state index in [1.165, 1.54) is 6.33 Å². The third kappa shape index (κ3) is 4.95. The zero-order valence-electron chi connectivity index (χ0n) is 18.3. The minimum Gasteiger partial charge on any atom is -0.491 e. The Morgan fingerprint density at radius 1 is 1.21 bits per heavy atom. The molecular formula is C24H25N5O3S. The quantitative estimate of drug-likeness (QED) is 0.369. The van der Waals surface area contributed by atoms with E-state index in [0.717, 1.165) is 40.6 Å². The van der Waals surface area contributed by atoms with Gasteiger partial charge < -0.3 is 14.2 Å². The molecule has 5 rings (SSSR count). The first-order valence-corrected chi connectivity index (χ1v) is 11.9. The van der Waals surface area contributed by atoms with Gasteiger partial charge in [0.25, 0.3) is 0 Å². The molecule has 0 saturated carbocycles. The summed E-state index contributed by atoms with van der Waals surface area (Å²) in [4.78, 5) is 14.0. The van der Waals surface area contributed by atoms with E-state index in [2.05, 4.69) is 27.0 Å². The van der Waals surface area contributed by atoms with E-state index in [0.29, 0.717) is 19.8 Å². The average Bonchev–Trinajstić information content (AvgIpc) is 3.62. The van der Waals surface area contributed by atoms with Crippen molar-refractivity contribution >= 4 is 11.3 Å². The Morgan fingerprint density at radius 3 is 2.88 bits per heavy atom. The molecule has 8 nitrogen and oxygen atoms in total. The molecule has 2 atom stereocenters. The molecule has 4 heterocycles. The predicted octanol–water partition coefficient (Wildman–Crippen LogP) is 4.10. The number of hydrogen-bond acceptors (Lipinski definition) is 8. The molecule has 1 aliphatic heterocycles. The summed E-state index contributed by atoms with van der Waals surface area (Å²) in [7, 11) is 0. The molecular weight excluding hydrogens is 438 g/mol. The van der Waals surface area contributed by atoms with Crippen LogP contribution in [0.25, 0.3) is 11.3 Å². The fraction of sp³-hybridized carbons (Fsp3) is 0.333. The first-order chi connectivity index (χ1) is 16.2. The van der Waals surface area contributed by atoms with Crippen LogP contribution in [-0.2, 0) is 28.2 Å². The van der Waals surface area contributed by atoms with Crippen LogP contribution in [0.5, 0.6) is 5.75 Å². The van der Waals surface area contributed by atoms with E-state index < -0.39 is 5.79 Å². The van der Waals surface area contributed by atoms with E-state index in [1.54, 1.807) is 22.3 Å². The van der Waals surface area contributed by atoms with Gasteiger partial charge >= 0.3 is 0 Å². The van der Waals surface area contributed by atoms with E-state index in [4.69, 9.17) is 14.2 Å². The Balaban J connectivity index is 1.22. The highest BCUT2D eigenvalue weighted by molar-refractivity contribution is 7.10. The lowest BCUT2D eigenvalue weighted by Gasteiger charge is -2.26. The fourth-order valence-corrected chi connectivity index (χ4v) is 4.59. The van der Waals surface area contributed by atoms with Crippen molar-refractivity contribution in [2.45, 2.75) is 38.2 Å². The first-order valence-electron chi connectivity index (χ1n) is 11.0. The van der Waals surface area contributed by atoms with Gasteiger partial charge in [0.1, 0.15) is 43.5 Å². The standard InChI is InChI=1S/C24H25N5O3S/c1-2-4-23-26-11-10-21(28-23)18-6-8-19(9-7-18)30-13-20-14-31-24(32-20,22-5-3-12-33-22)15-29-17-25-16-27-29/h3,5-12,16-17,20H,2,4,13-15H2,1H3. The van der Waals surface area contributed by atoms with Crippen molar-refractivity contribution in [2.75, 3.05) is 13.2 Å². The summed E-state index contributed by atoms with van der Waals surface area (Å²) in [5.41, 5.74) is 1.95. The Hall–Kier alpha value is -3.14. The lowest BCUT2D eigenvalue weighted by Crippen LogP contribution is -2.33. The van der Waals surface area contributed by atoms with E-state index in [9.17, 15) is 0 Å². The van der Waals surface area contributed by atoms with Crippen LogP contribution in [0, 0.1) is 0 Å². The summed E-state index contributed by atoms with van der Waals surface area (Å²) >= 11 is 1.60. The van der Waals surface area contributed by atoms with Crippen molar-refractivity contribution in [2.24, 2.45) is 0 Å². The van der Waals surface area contributed by atoms with E-state index >= 15 is 0 Å². The van der Waals surface area contributed by atoms with Crippen LogP contribution in [0.4, 0.5) is 0 Å². The number of benzene rings is 1. The smallest absolute Gasteiger partial charge is 0.225 e. The summed E-state index contributed by atoms with van der Waals surface area (Å²) in [5.74, 6) is 0.757. The normalized spacial score (nSPS) is 20.2. The molecule has 0 spiro atoms. The molecule has 1 saturated heterocycles. The third-order valence-corrected chi connectivity index (χ3v) is 6.35. The van der Waals surface area contributed by atoms with Gasteiger partial charge in [-0.3, -0.25) is 0 Å². The number of rotatable bonds is 9. The molecule has 2 unspecified atom stereocenters. The zero-order valence-corrected chi connectivity index (χ0v) is 19.1. The zero-order chi connectivity index (χ0) is 22.5. The Bertz CT molecular complexity index is 1150. The molecule has 0 N–H and O–H groups in total. The molecule has 1 aliphatic rings. The predicted molar refractivity (Wildman–Crippen MR) is 124 cm³/mol. The number of aromatic nitrogens is 5. The van der Waals surface area contributed by atoms with Gasteiger partial charge in [-0.05, 0) is 48.2 Å². The van der Waals surface area contributed by atoms with Crippen molar-refractivity contribution in [1.29, 1.82) is 0 Å². The number of nitrogens with zero attached hydrogens (tertiary/aromatic N) is 5. The number of ether oxygens (including phenoxy) is 3. The largest absolute Gasteiger partial charge is 0.491 e. The molecule has 33 heavy (non-hydrogen) atoms. The topological polar surface area (TPSA) is 84.2 Å². The minimum atomic E-state index is -0.886. The van der Waals surface area contributed by atoms with Crippen LogP contribution in [0.3, 0.4) is 0 Å². The molecule has 3 aromatic heterocycles. The maximum Gasteiger partial charge on any atom is 0.225 e. The molecule has 170 valence electrons. The van der Waals surface area contributed by atoms with Crippen LogP contribution in [0.2, 0.25) is 0 Å². The number of thiophene rings is 1. The van der Waals surface area contributed by atoms with E-state index in [1.807, 2.05) is 54.0 Å². The highest BCUT2D eigenvalue weighted by Crippen LogP contribution is 2.38. The molecule has 4 aromatic rings. The van der Waals surface area contributed by atoms with Crippen molar-refractivity contribution in [1.82, 2.24) is 24.7 Å². The molecule has 0 bridgehead atoms. The lowest BCUT2D eigenvalue weighted by atomic mass is 10.1. The summed E-state index contributed by atoms with van der Waals surface area (Å²) in [5, 5.41) is 6.23. The van der Waals surface area contributed by atoms with Gasteiger partial charge in [0.2, 0.25) is 5.79 Å². The van der Waals surface area contributed by atoms with Gasteiger partial charge in [-0.1, -0.05) is 13.0 Å². The second-order valence-electron chi connectivity index (χ2n) is 7.82. The summed E-state index contributed by atoms with van der Waals surface area (Å²) in [6.45, 7) is 3.38. The molecule has 1 aromatic carbocycles. The van der Waals surface area contributed by atoms with Crippen molar-refractivity contribution in [3.63, 3.8) is 0 Å². The molecule has 0 amide bonds. The maximum atomic E-state index is 6.38. The van der Waals surface area contributed by atoms with Gasteiger partial charge in [-0.15, -0.1) is 11.3 Å². The van der Waals surface area contributed by atoms with Crippen molar-refractivity contribution in [3.05, 3.63) is 77.4 Å². The Labute approximate surface area is 196 Å². The van der Waals surface area contributed by atoms with Gasteiger partial charge in [0.05, 0.1) is 17.2 Å². The highest BCUT2D eigenvalue weighted by atomic mass is 32.1. The molecule has 0 radical (unpaired) electrons. The van der Waals surface area contributed by atoms with Crippen LogP contribution in [0.1, 0.15) is 24.0 Å². The summed E-state index contributed by atoms with van der Waals surface area (Å²) < 4.78 is 20.3. The van der Waals surface area contributed by atoms with Crippen LogP contribution < -0.4 is 4.74 Å². The fourth-order valence-electron chi connectivity index (χ4n) is 3.77. The first kappa shape index (κ1) is 21.7. The van der Waals surface area contributed by atoms with Gasteiger partial charge in [-0.25, -0.2) is 19.6 Å². The molecule has 1 fully saturated rings. The average molecular weight is 464 g/mol. The van der Waals surface area contributed by atoms with Gasteiger partial charge in [0.15, 0.2) is 0 Å². The lowest BCUT2D eigenvalue weighted by molar-refractivity contribution is -0.188. The summed E-state index contributed by atoms with van der Waals surface area (Å²) in [6.07, 6.45) is 6.68. The second-order valence-corrected chi connectivity index (χ2v) is 8.77. The SMILES string of the molecule is CCCc1nccc(-c2ccc(OCC3COC(Cn4cncn4)(c4cccs4)O3)cc2)n1.